The number of aryl methyl sites for hydroxylation is 1. The van der Waals surface area contributed by atoms with E-state index in [9.17, 15) is 40.2 Å². The molecule has 0 unspecified atom stereocenters. The number of ether oxygens (including phenoxy) is 1. The Morgan fingerprint density at radius 2 is 1.75 bits per heavy atom. The molecular formula is C45H65NO9. The Bertz CT molecular complexity index is 1720. The Kier molecular flexibility index (Phi) is 9.78. The number of hydrogen-bond donors (Lipinski definition) is 6. The highest BCUT2D eigenvalue weighted by Crippen LogP contribution is 2.71. The van der Waals surface area contributed by atoms with Crippen molar-refractivity contribution in [1.82, 2.24) is 0 Å². The summed E-state index contributed by atoms with van der Waals surface area (Å²) >= 11 is 0. The SMILES string of the molecule is CC(C)[C@@H](C)[C@@H]1O[C@H]1[C@](C)(O)[C@H]1CC[C@@]2(O)C3=CC(=O)[C@@H]4C[C@@H](O)[C@@H](O)C[C@]4(C)[C@H]3CC[C@]12CCc1cc(O)cc(N2CC[C@]3(CCCC[C@H]3CO)C2=O)c1. The largest absolute Gasteiger partial charge is 0.508 e. The monoisotopic (exact) mass is 763 g/mol. The van der Waals surface area contributed by atoms with Gasteiger partial charge in [-0.05, 0) is 142 Å². The molecule has 55 heavy (non-hydrogen) atoms. The first-order valence-corrected chi connectivity index (χ1v) is 21.4. The zero-order valence-electron chi connectivity index (χ0n) is 33.5. The van der Waals surface area contributed by atoms with E-state index in [4.69, 9.17) is 4.74 Å². The van der Waals surface area contributed by atoms with Crippen molar-refractivity contribution in [1.29, 1.82) is 0 Å². The third kappa shape index (κ3) is 5.84. The van der Waals surface area contributed by atoms with E-state index in [1.807, 2.05) is 19.9 Å². The van der Waals surface area contributed by atoms with E-state index in [1.54, 1.807) is 23.1 Å². The number of carbonyl (C=O) groups excluding carboxylic acids is 2. The van der Waals surface area contributed by atoms with Gasteiger partial charge in [0.2, 0.25) is 5.91 Å². The molecule has 2 heterocycles. The molecule has 6 fully saturated rings. The maximum absolute atomic E-state index is 14.1. The van der Waals surface area contributed by atoms with Crippen LogP contribution in [0.1, 0.15) is 117 Å². The summed E-state index contributed by atoms with van der Waals surface area (Å²) < 4.78 is 6.29. The standard InChI is InChI=1S/C45H65NO9/c1-25(2)26(3)38-39(55-38)42(5,53)37-11-15-45(54)32-21-34(49)33-22-35(50)36(51)23-41(33,4)31(32)10-14-44(37,45)13-9-27-18-29(20-30(48)19-27)46-17-16-43(40(46)52)12-7-6-8-28(43)24-47/h18-21,25-26,28,31,33,35-39,47-48,50-51,53-54H,6-17,22-24H2,1-5H3/t26-,28+,31+,33+,35-,36+,37-,38+,39-,41-,42-,43+,44-,45-/m1/s1. The van der Waals surface area contributed by atoms with Crippen LogP contribution >= 0.6 is 0 Å². The van der Waals surface area contributed by atoms with Crippen LogP contribution in [0.4, 0.5) is 5.69 Å². The zero-order chi connectivity index (χ0) is 39.5. The third-order valence-electron chi connectivity index (χ3n) is 17.2. The van der Waals surface area contributed by atoms with Gasteiger partial charge in [-0.2, -0.15) is 0 Å². The van der Waals surface area contributed by atoms with Gasteiger partial charge in [-0.25, -0.2) is 0 Å². The lowest BCUT2D eigenvalue weighted by molar-refractivity contribution is -0.168. The summed E-state index contributed by atoms with van der Waals surface area (Å²) in [5.41, 5.74) is -2.50. The second-order valence-corrected chi connectivity index (χ2v) is 20.0. The molecule has 5 aliphatic carbocycles. The highest BCUT2D eigenvalue weighted by Gasteiger charge is 2.72. The average Bonchev–Trinajstić information content (AvgIpc) is 3.81. The maximum Gasteiger partial charge on any atom is 0.233 e. The van der Waals surface area contributed by atoms with Gasteiger partial charge in [-0.1, -0.05) is 40.5 Å². The summed E-state index contributed by atoms with van der Waals surface area (Å²) in [4.78, 5) is 29.9. The predicted octanol–water partition coefficient (Wildman–Crippen LogP) is 5.23. The van der Waals surface area contributed by atoms with Gasteiger partial charge in [-0.15, -0.1) is 0 Å². The minimum atomic E-state index is -1.40. The number of phenols is 1. The van der Waals surface area contributed by atoms with Crippen molar-refractivity contribution in [3.63, 3.8) is 0 Å². The van der Waals surface area contributed by atoms with E-state index in [0.717, 1.165) is 31.2 Å². The molecule has 4 saturated carbocycles. The number of allylic oxidation sites excluding steroid dienone is 1. The first-order chi connectivity index (χ1) is 25.9. The van der Waals surface area contributed by atoms with Crippen molar-refractivity contribution in [2.45, 2.75) is 154 Å². The van der Waals surface area contributed by atoms with Crippen LogP contribution in [0.25, 0.3) is 0 Å². The molecule has 14 atom stereocenters. The second-order valence-electron chi connectivity index (χ2n) is 20.0. The van der Waals surface area contributed by atoms with Gasteiger partial charge in [0.25, 0.3) is 0 Å². The molecule has 304 valence electrons. The van der Waals surface area contributed by atoms with E-state index < -0.39 is 45.6 Å². The summed E-state index contributed by atoms with van der Waals surface area (Å²) in [5.74, 6) is -0.415. The van der Waals surface area contributed by atoms with Crippen molar-refractivity contribution in [3.05, 3.63) is 35.4 Å². The summed E-state index contributed by atoms with van der Waals surface area (Å²) in [7, 11) is 0. The molecule has 1 aromatic carbocycles. The van der Waals surface area contributed by atoms with Crippen molar-refractivity contribution in [2.24, 2.45) is 51.8 Å². The number of rotatable bonds is 9. The van der Waals surface area contributed by atoms with Crippen LogP contribution in [0.2, 0.25) is 0 Å². The molecule has 0 radical (unpaired) electrons. The Balaban J connectivity index is 1.14. The molecule has 2 aliphatic heterocycles. The summed E-state index contributed by atoms with van der Waals surface area (Å²) in [6.45, 7) is 10.9. The molecule has 6 N–H and O–H groups in total. The van der Waals surface area contributed by atoms with Crippen molar-refractivity contribution >= 4 is 17.4 Å². The van der Waals surface area contributed by atoms with Gasteiger partial charge < -0.3 is 40.3 Å². The Labute approximate surface area is 326 Å². The molecule has 2 saturated heterocycles. The minimum absolute atomic E-state index is 0.00490. The first-order valence-electron chi connectivity index (χ1n) is 21.4. The van der Waals surface area contributed by atoms with Crippen molar-refractivity contribution in [2.75, 3.05) is 18.1 Å². The highest BCUT2D eigenvalue weighted by molar-refractivity contribution is 6.00. The molecule has 1 spiro atoms. The molecule has 10 nitrogen and oxygen atoms in total. The number of nitrogens with zero attached hydrogens (tertiary/aromatic N) is 1. The third-order valence-corrected chi connectivity index (χ3v) is 17.2. The molecular weight excluding hydrogens is 698 g/mol. The number of aliphatic hydroxyl groups excluding tert-OH is 3. The lowest BCUT2D eigenvalue weighted by atomic mass is 9.44. The zero-order valence-corrected chi connectivity index (χ0v) is 33.5. The molecule has 7 aliphatic rings. The fourth-order valence-corrected chi connectivity index (χ4v) is 13.7. The summed E-state index contributed by atoms with van der Waals surface area (Å²) in [5, 5.41) is 68.8. The van der Waals surface area contributed by atoms with E-state index in [1.165, 1.54) is 0 Å². The number of aromatic hydroxyl groups is 1. The number of benzene rings is 1. The topological polar surface area (TPSA) is 171 Å². The Morgan fingerprint density at radius 3 is 2.47 bits per heavy atom. The van der Waals surface area contributed by atoms with Gasteiger partial charge in [0.1, 0.15) is 11.9 Å². The molecule has 8 rings (SSSR count). The molecule has 0 bridgehead atoms. The fraction of sp³-hybridized carbons (Fsp3) is 0.778. The molecule has 1 amide bonds. The number of hydrogen-bond acceptors (Lipinski definition) is 9. The van der Waals surface area contributed by atoms with Crippen LogP contribution in [0.15, 0.2) is 29.8 Å². The number of fused-ring (bicyclic) bond motifs is 5. The smallest absolute Gasteiger partial charge is 0.233 e. The fourth-order valence-electron chi connectivity index (χ4n) is 13.7. The summed E-state index contributed by atoms with van der Waals surface area (Å²) in [6.07, 6.45) is 7.19. The van der Waals surface area contributed by atoms with Crippen LogP contribution in [0.5, 0.6) is 5.75 Å². The van der Waals surface area contributed by atoms with Crippen LogP contribution in [0.3, 0.4) is 0 Å². The van der Waals surface area contributed by atoms with Crippen molar-refractivity contribution in [3.8, 4) is 5.75 Å². The molecule has 10 heteroatoms. The van der Waals surface area contributed by atoms with Crippen LogP contribution in [-0.4, -0.2) is 91.1 Å². The maximum atomic E-state index is 14.1. The van der Waals surface area contributed by atoms with Crippen LogP contribution < -0.4 is 4.90 Å². The van der Waals surface area contributed by atoms with E-state index in [0.29, 0.717) is 68.7 Å². The number of epoxide rings is 1. The number of anilines is 1. The van der Waals surface area contributed by atoms with Gasteiger partial charge in [0, 0.05) is 36.2 Å². The van der Waals surface area contributed by atoms with Gasteiger partial charge in [0.15, 0.2) is 5.78 Å². The number of carbonyl (C=O) groups is 2. The lowest BCUT2D eigenvalue weighted by Crippen LogP contribution is -2.63. The Hall–Kier alpha value is -2.34. The number of phenolic OH excluding ortho intramolecular Hbond substituents is 1. The minimum Gasteiger partial charge on any atom is -0.508 e. The second kappa shape index (κ2) is 13.6. The van der Waals surface area contributed by atoms with Gasteiger partial charge >= 0.3 is 0 Å². The van der Waals surface area contributed by atoms with E-state index >= 15 is 0 Å². The van der Waals surface area contributed by atoms with Gasteiger partial charge in [-0.3, -0.25) is 9.59 Å². The molecule has 0 aromatic heterocycles. The average molecular weight is 764 g/mol. The highest BCUT2D eigenvalue weighted by atomic mass is 16.6. The Morgan fingerprint density at radius 1 is 0.982 bits per heavy atom. The van der Waals surface area contributed by atoms with Gasteiger partial charge in [0.05, 0.1) is 34.9 Å². The predicted molar refractivity (Wildman–Crippen MR) is 207 cm³/mol. The number of amides is 1. The normalized spacial score (nSPS) is 44.2. The number of ketones is 1. The number of aliphatic hydroxyl groups is 5. The molecule has 1 aromatic rings. The lowest BCUT2D eigenvalue weighted by Gasteiger charge is -2.61. The first kappa shape index (κ1) is 39.5. The van der Waals surface area contributed by atoms with Crippen molar-refractivity contribution < 1.29 is 45.0 Å². The van der Waals surface area contributed by atoms with Crippen LogP contribution in [-0.2, 0) is 20.7 Å². The quantitative estimate of drug-likeness (QED) is 0.185. The summed E-state index contributed by atoms with van der Waals surface area (Å²) in [6, 6.07) is 5.35. The van der Waals surface area contributed by atoms with E-state index in [-0.39, 0.29) is 72.8 Å². The van der Waals surface area contributed by atoms with Crippen LogP contribution in [0, 0.1) is 51.8 Å². The van der Waals surface area contributed by atoms with E-state index in [2.05, 4.69) is 20.8 Å².